The third-order valence-corrected chi connectivity index (χ3v) is 5.24. The molecule has 0 saturated carbocycles. The number of hydrogen-bond acceptors (Lipinski definition) is 5. The van der Waals surface area contributed by atoms with Crippen LogP contribution in [0.2, 0.25) is 0 Å². The van der Waals surface area contributed by atoms with Crippen molar-refractivity contribution in [1.29, 1.82) is 0 Å². The Balaban J connectivity index is 1.66. The van der Waals surface area contributed by atoms with Gasteiger partial charge in [0.15, 0.2) is 0 Å². The van der Waals surface area contributed by atoms with Crippen molar-refractivity contribution in [3.8, 4) is 34.0 Å². The Morgan fingerprint density at radius 2 is 1.74 bits per heavy atom. The molecule has 0 bridgehead atoms. The lowest BCUT2D eigenvalue weighted by Crippen LogP contribution is -2.08. The Morgan fingerprint density at radius 3 is 2.44 bits per heavy atom. The van der Waals surface area contributed by atoms with Crippen molar-refractivity contribution in [3.63, 3.8) is 0 Å². The molecule has 0 aliphatic carbocycles. The van der Waals surface area contributed by atoms with Crippen LogP contribution in [0.4, 0.5) is 17.6 Å². The fourth-order valence-corrected chi connectivity index (χ4v) is 3.53. The molecule has 0 saturated heterocycles. The zero-order chi connectivity index (χ0) is 24.3. The molecule has 0 aliphatic rings. The molecule has 3 aromatic carbocycles. The summed E-state index contributed by atoms with van der Waals surface area (Å²) in [7, 11) is 0. The zero-order valence-corrected chi connectivity index (χ0v) is 18.1. The van der Waals surface area contributed by atoms with Gasteiger partial charge in [-0.25, -0.2) is 4.39 Å². The maximum absolute atomic E-state index is 14.4. The van der Waals surface area contributed by atoms with Crippen molar-refractivity contribution < 1.29 is 31.9 Å². The molecule has 4 aromatic rings. The number of nitrogens with zero attached hydrogens (tertiary/aromatic N) is 2. The zero-order valence-electron chi connectivity index (χ0n) is 18.1. The summed E-state index contributed by atoms with van der Waals surface area (Å²) in [5, 5.41) is 12.5. The summed E-state index contributed by atoms with van der Waals surface area (Å²) < 4.78 is 66.3. The summed E-state index contributed by atoms with van der Waals surface area (Å²) >= 11 is 0. The Kier molecular flexibility index (Phi) is 6.76. The van der Waals surface area contributed by atoms with E-state index in [9.17, 15) is 17.6 Å². The lowest BCUT2D eigenvalue weighted by atomic mass is 9.94. The molecule has 0 atom stereocenters. The summed E-state index contributed by atoms with van der Waals surface area (Å²) in [6, 6.07) is 14.9. The third-order valence-electron chi connectivity index (χ3n) is 5.24. The van der Waals surface area contributed by atoms with Crippen LogP contribution in [-0.2, 0) is 17.5 Å². The number of ether oxygens (including phenoxy) is 1. The van der Waals surface area contributed by atoms with Crippen molar-refractivity contribution in [2.75, 3.05) is 13.2 Å². The minimum Gasteiger partial charge on any atom is -0.394 e. The summed E-state index contributed by atoms with van der Waals surface area (Å²) in [5.74, 6) is -0.649. The van der Waals surface area contributed by atoms with Crippen LogP contribution in [0.1, 0.15) is 16.7 Å². The fraction of sp³-hybridized carbons (Fsp3) is 0.200. The maximum Gasteiger partial charge on any atom is 0.417 e. The van der Waals surface area contributed by atoms with Gasteiger partial charge in [-0.15, -0.1) is 0 Å². The van der Waals surface area contributed by atoms with E-state index in [2.05, 4.69) is 10.1 Å². The van der Waals surface area contributed by atoms with Gasteiger partial charge in [-0.2, -0.15) is 18.2 Å². The molecule has 0 radical (unpaired) electrons. The SMILES string of the molecule is Cc1ccccc1-c1ccc(-c2nc(-c3ccc(COCCO)c(F)c3)no2)cc1C(F)(F)F. The first-order chi connectivity index (χ1) is 16.3. The minimum atomic E-state index is -4.60. The summed E-state index contributed by atoms with van der Waals surface area (Å²) in [5.41, 5.74) is 1.10. The molecule has 1 N–H and O–H groups in total. The molecule has 9 heteroatoms. The summed E-state index contributed by atoms with van der Waals surface area (Å²) in [4.78, 5) is 4.16. The van der Waals surface area contributed by atoms with E-state index >= 15 is 0 Å². The Labute approximate surface area is 192 Å². The number of halogens is 4. The predicted molar refractivity (Wildman–Crippen MR) is 117 cm³/mol. The molecule has 1 aromatic heterocycles. The molecular weight excluding hydrogens is 452 g/mol. The quantitative estimate of drug-likeness (QED) is 0.262. The van der Waals surface area contributed by atoms with Crippen molar-refractivity contribution in [2.45, 2.75) is 19.7 Å². The summed E-state index contributed by atoms with van der Waals surface area (Å²) in [6.07, 6.45) is -4.60. The van der Waals surface area contributed by atoms with Gasteiger partial charge in [0.25, 0.3) is 5.89 Å². The fourth-order valence-electron chi connectivity index (χ4n) is 3.53. The molecule has 0 unspecified atom stereocenters. The molecule has 0 spiro atoms. The molecule has 176 valence electrons. The van der Waals surface area contributed by atoms with Crippen molar-refractivity contribution in [1.82, 2.24) is 10.1 Å². The number of aliphatic hydroxyl groups is 1. The predicted octanol–water partition coefficient (Wildman–Crippen LogP) is 6.05. The van der Waals surface area contributed by atoms with E-state index < -0.39 is 17.6 Å². The van der Waals surface area contributed by atoms with E-state index in [1.807, 2.05) is 0 Å². The molecule has 0 amide bonds. The number of rotatable bonds is 7. The van der Waals surface area contributed by atoms with Gasteiger partial charge < -0.3 is 14.4 Å². The Morgan fingerprint density at radius 1 is 0.971 bits per heavy atom. The second-order valence-corrected chi connectivity index (χ2v) is 7.58. The highest BCUT2D eigenvalue weighted by Gasteiger charge is 2.34. The molecule has 4 rings (SSSR count). The number of hydrogen-bond donors (Lipinski definition) is 1. The highest BCUT2D eigenvalue weighted by Crippen LogP contribution is 2.40. The monoisotopic (exact) mass is 472 g/mol. The first kappa shape index (κ1) is 23.6. The molecule has 1 heterocycles. The van der Waals surface area contributed by atoms with Crippen LogP contribution in [0.25, 0.3) is 34.0 Å². The Bertz CT molecular complexity index is 1300. The van der Waals surface area contributed by atoms with Crippen LogP contribution in [0.5, 0.6) is 0 Å². The number of aromatic nitrogens is 2. The van der Waals surface area contributed by atoms with Gasteiger partial charge in [0, 0.05) is 16.7 Å². The van der Waals surface area contributed by atoms with E-state index in [1.165, 1.54) is 24.3 Å². The first-order valence-corrected chi connectivity index (χ1v) is 10.4. The number of aliphatic hydroxyl groups excluding tert-OH is 1. The summed E-state index contributed by atoms with van der Waals surface area (Å²) in [6.45, 7) is 1.64. The lowest BCUT2D eigenvalue weighted by Gasteiger charge is -2.15. The molecular formula is C25H20F4N2O3. The van der Waals surface area contributed by atoms with Gasteiger partial charge >= 0.3 is 6.18 Å². The number of alkyl halides is 3. The van der Waals surface area contributed by atoms with Crippen LogP contribution in [0.15, 0.2) is 65.2 Å². The van der Waals surface area contributed by atoms with Crippen molar-refractivity contribution in [2.24, 2.45) is 0 Å². The smallest absolute Gasteiger partial charge is 0.394 e. The first-order valence-electron chi connectivity index (χ1n) is 10.4. The Hall–Kier alpha value is -3.56. The average molecular weight is 472 g/mol. The van der Waals surface area contributed by atoms with E-state index in [0.29, 0.717) is 16.7 Å². The molecule has 34 heavy (non-hydrogen) atoms. The lowest BCUT2D eigenvalue weighted by molar-refractivity contribution is -0.137. The van der Waals surface area contributed by atoms with Gasteiger partial charge in [-0.3, -0.25) is 0 Å². The van der Waals surface area contributed by atoms with Gasteiger partial charge in [-0.05, 0) is 41.8 Å². The highest BCUT2D eigenvalue weighted by molar-refractivity contribution is 5.74. The van der Waals surface area contributed by atoms with Crippen LogP contribution in [-0.4, -0.2) is 28.5 Å². The van der Waals surface area contributed by atoms with Crippen molar-refractivity contribution >= 4 is 0 Å². The van der Waals surface area contributed by atoms with Gasteiger partial charge in [-0.1, -0.05) is 47.6 Å². The maximum atomic E-state index is 14.4. The average Bonchev–Trinajstić information content (AvgIpc) is 3.30. The molecule has 0 aliphatic heterocycles. The second kappa shape index (κ2) is 9.74. The van der Waals surface area contributed by atoms with Gasteiger partial charge in [0.1, 0.15) is 5.82 Å². The normalized spacial score (nSPS) is 11.7. The second-order valence-electron chi connectivity index (χ2n) is 7.58. The van der Waals surface area contributed by atoms with Crippen molar-refractivity contribution in [3.05, 3.63) is 83.2 Å². The van der Waals surface area contributed by atoms with Crippen LogP contribution >= 0.6 is 0 Å². The highest BCUT2D eigenvalue weighted by atomic mass is 19.4. The van der Waals surface area contributed by atoms with E-state index in [0.717, 1.165) is 6.07 Å². The largest absolute Gasteiger partial charge is 0.417 e. The molecule has 5 nitrogen and oxygen atoms in total. The number of benzene rings is 3. The van der Waals surface area contributed by atoms with E-state index in [1.54, 1.807) is 37.3 Å². The van der Waals surface area contributed by atoms with Crippen LogP contribution in [0, 0.1) is 12.7 Å². The van der Waals surface area contributed by atoms with E-state index in [4.69, 9.17) is 14.4 Å². The molecule has 0 fully saturated rings. The van der Waals surface area contributed by atoms with E-state index in [-0.39, 0.29) is 48.2 Å². The third kappa shape index (κ3) is 5.00. The standard InChI is InChI=1S/C25H20F4N2O3/c1-15-4-2-3-5-19(15)20-9-8-17(12-21(20)25(27,28)29)24-30-23(31-34-24)16-6-7-18(22(26)13-16)14-33-11-10-32/h2-9,12-13,32H,10-11,14H2,1H3. The van der Waals surface area contributed by atoms with Crippen LogP contribution < -0.4 is 0 Å². The van der Waals surface area contributed by atoms with Gasteiger partial charge in [0.05, 0.1) is 25.4 Å². The number of aryl methyl sites for hydroxylation is 1. The van der Waals surface area contributed by atoms with Crippen LogP contribution in [0.3, 0.4) is 0 Å². The minimum absolute atomic E-state index is 0.0162. The van der Waals surface area contributed by atoms with Gasteiger partial charge in [0.2, 0.25) is 5.82 Å². The topological polar surface area (TPSA) is 68.4 Å².